The van der Waals surface area contributed by atoms with Crippen LogP contribution in [0, 0.1) is 0 Å². The van der Waals surface area contributed by atoms with Crippen molar-refractivity contribution in [2.75, 3.05) is 13.1 Å². The highest BCUT2D eigenvalue weighted by Crippen LogP contribution is 2.11. The van der Waals surface area contributed by atoms with E-state index in [1.807, 2.05) is 0 Å². The summed E-state index contributed by atoms with van der Waals surface area (Å²) in [4.78, 5) is 10.5. The van der Waals surface area contributed by atoms with Crippen LogP contribution in [0.5, 0.6) is 0 Å². The summed E-state index contributed by atoms with van der Waals surface area (Å²) >= 11 is 0. The molecule has 9 heavy (non-hydrogen) atoms. The van der Waals surface area contributed by atoms with Gasteiger partial charge in [-0.2, -0.15) is 0 Å². The van der Waals surface area contributed by atoms with Crippen LogP contribution in [-0.4, -0.2) is 24.4 Å². The lowest BCUT2D eigenvalue weighted by Gasteiger charge is -2.38. The van der Waals surface area contributed by atoms with Crippen LogP contribution in [0.25, 0.3) is 0 Å². The average molecular weight is 128 g/mol. The molecule has 1 rings (SSSR count). The van der Waals surface area contributed by atoms with Crippen LogP contribution in [-0.2, 0) is 4.79 Å². The number of ketones is 1. The molecule has 0 aromatic rings. The van der Waals surface area contributed by atoms with Gasteiger partial charge in [-0.3, -0.25) is 4.79 Å². The van der Waals surface area contributed by atoms with Crippen LogP contribution < -0.4 is 11.1 Å². The molecule has 3 N–H and O–H groups in total. The smallest absolute Gasteiger partial charge is 0.131 e. The minimum Gasteiger partial charge on any atom is -0.323 e. The first kappa shape index (κ1) is 6.71. The Morgan fingerprint density at radius 3 is 2.44 bits per heavy atom. The van der Waals surface area contributed by atoms with Gasteiger partial charge in [0.15, 0.2) is 0 Å². The largest absolute Gasteiger partial charge is 0.323 e. The summed E-state index contributed by atoms with van der Waals surface area (Å²) in [5.41, 5.74) is 5.50. The monoisotopic (exact) mass is 128 g/mol. The normalized spacial score (nSPS) is 22.9. The molecule has 0 aliphatic carbocycles. The van der Waals surface area contributed by atoms with Crippen LogP contribution in [0.1, 0.15) is 13.3 Å². The third-order valence-electron chi connectivity index (χ3n) is 1.56. The third-order valence-corrected chi connectivity index (χ3v) is 1.56. The van der Waals surface area contributed by atoms with Gasteiger partial charge in [0.25, 0.3) is 0 Å². The van der Waals surface area contributed by atoms with Gasteiger partial charge >= 0.3 is 0 Å². The maximum Gasteiger partial charge on any atom is 0.131 e. The van der Waals surface area contributed by atoms with E-state index < -0.39 is 0 Å². The average Bonchev–Trinajstić information content (AvgIpc) is 1.60. The fraction of sp³-hybridized carbons (Fsp3) is 0.833. The van der Waals surface area contributed by atoms with Crippen molar-refractivity contribution in [3.05, 3.63) is 0 Å². The molecule has 0 amide bonds. The van der Waals surface area contributed by atoms with Crippen LogP contribution >= 0.6 is 0 Å². The second-order valence-corrected chi connectivity index (χ2v) is 2.84. The maximum atomic E-state index is 10.5. The molecule has 1 fully saturated rings. The minimum atomic E-state index is -0.216. The van der Waals surface area contributed by atoms with Gasteiger partial charge in [0.1, 0.15) is 5.78 Å². The number of carbonyl (C=O) groups is 1. The molecular weight excluding hydrogens is 116 g/mol. The number of nitrogens with two attached hydrogens (primary N) is 1. The van der Waals surface area contributed by atoms with Crippen molar-refractivity contribution in [2.45, 2.75) is 18.9 Å². The minimum absolute atomic E-state index is 0.180. The summed E-state index contributed by atoms with van der Waals surface area (Å²) in [6.07, 6.45) is 0.514. The summed E-state index contributed by atoms with van der Waals surface area (Å²) < 4.78 is 0. The third kappa shape index (κ3) is 1.50. The fourth-order valence-electron chi connectivity index (χ4n) is 1.07. The lowest BCUT2D eigenvalue weighted by molar-refractivity contribution is -0.118. The molecule has 0 radical (unpaired) electrons. The molecule has 0 aromatic carbocycles. The van der Waals surface area contributed by atoms with E-state index in [-0.39, 0.29) is 11.3 Å². The quantitative estimate of drug-likeness (QED) is 0.515. The van der Waals surface area contributed by atoms with Gasteiger partial charge in [-0.15, -0.1) is 0 Å². The van der Waals surface area contributed by atoms with Gasteiger partial charge in [0.05, 0.1) is 0 Å². The molecule has 0 atom stereocenters. The number of Topliss-reactive ketones (excluding diaryl/α,β-unsaturated/α-hetero) is 1. The molecule has 3 heteroatoms. The topological polar surface area (TPSA) is 55.1 Å². The van der Waals surface area contributed by atoms with E-state index >= 15 is 0 Å². The number of nitrogens with one attached hydrogen (secondary N) is 1. The lowest BCUT2D eigenvalue weighted by atomic mass is 9.88. The molecule has 1 aliphatic rings. The maximum absolute atomic E-state index is 10.5. The van der Waals surface area contributed by atoms with Gasteiger partial charge < -0.3 is 11.1 Å². The lowest BCUT2D eigenvalue weighted by Crippen LogP contribution is -2.66. The van der Waals surface area contributed by atoms with E-state index in [1.165, 1.54) is 0 Å². The van der Waals surface area contributed by atoms with Crippen molar-refractivity contribution in [1.82, 2.24) is 5.32 Å². The Labute approximate surface area is 54.6 Å². The van der Waals surface area contributed by atoms with Crippen molar-refractivity contribution < 1.29 is 4.79 Å². The Morgan fingerprint density at radius 1 is 1.78 bits per heavy atom. The second kappa shape index (κ2) is 2.08. The van der Waals surface area contributed by atoms with Crippen LogP contribution in [0.3, 0.4) is 0 Å². The van der Waals surface area contributed by atoms with Gasteiger partial charge in [-0.05, 0) is 6.92 Å². The van der Waals surface area contributed by atoms with Gasteiger partial charge in [0.2, 0.25) is 0 Å². The van der Waals surface area contributed by atoms with E-state index in [1.54, 1.807) is 6.92 Å². The van der Waals surface area contributed by atoms with Gasteiger partial charge in [-0.25, -0.2) is 0 Å². The Hall–Kier alpha value is -0.410. The zero-order chi connectivity index (χ0) is 6.91. The predicted octanol–water partition coefficient (Wildman–Crippen LogP) is -0.734. The number of hydrogen-bond acceptors (Lipinski definition) is 3. The molecule has 52 valence electrons. The first-order valence-corrected chi connectivity index (χ1v) is 3.11. The van der Waals surface area contributed by atoms with E-state index in [2.05, 4.69) is 5.32 Å². The van der Waals surface area contributed by atoms with Crippen molar-refractivity contribution >= 4 is 5.78 Å². The predicted molar refractivity (Wildman–Crippen MR) is 35.1 cm³/mol. The second-order valence-electron chi connectivity index (χ2n) is 2.84. The van der Waals surface area contributed by atoms with E-state index in [0.29, 0.717) is 6.42 Å². The van der Waals surface area contributed by atoms with Gasteiger partial charge in [0, 0.05) is 25.0 Å². The van der Waals surface area contributed by atoms with Crippen LogP contribution in [0.4, 0.5) is 0 Å². The highest BCUT2D eigenvalue weighted by atomic mass is 16.1. The summed E-state index contributed by atoms with van der Waals surface area (Å²) in [6.45, 7) is 3.14. The molecule has 1 saturated heterocycles. The number of carbonyl (C=O) groups excluding carboxylic acids is 1. The standard InChI is InChI=1S/C6H12N2O/c1-5(9)2-6(7)3-8-4-6/h8H,2-4,7H2,1H3. The van der Waals surface area contributed by atoms with Crippen LogP contribution in [0.2, 0.25) is 0 Å². The van der Waals surface area contributed by atoms with Crippen molar-refractivity contribution in [3.8, 4) is 0 Å². The molecule has 1 aliphatic heterocycles. The summed E-state index contributed by atoms with van der Waals surface area (Å²) in [7, 11) is 0. The van der Waals surface area contributed by atoms with Crippen molar-refractivity contribution in [2.24, 2.45) is 5.73 Å². The first-order valence-electron chi connectivity index (χ1n) is 3.11. The Kier molecular flexibility index (Phi) is 1.55. The summed E-state index contributed by atoms with van der Waals surface area (Å²) in [5, 5.41) is 3.03. The SMILES string of the molecule is CC(=O)CC1(N)CNC1. The van der Waals surface area contributed by atoms with E-state index in [9.17, 15) is 4.79 Å². The molecule has 0 saturated carbocycles. The Balaban J connectivity index is 2.33. The number of rotatable bonds is 2. The molecule has 3 nitrogen and oxygen atoms in total. The number of hydrogen-bond donors (Lipinski definition) is 2. The molecule has 0 spiro atoms. The van der Waals surface area contributed by atoms with E-state index in [4.69, 9.17) is 5.73 Å². The summed E-state index contributed by atoms with van der Waals surface area (Å²) in [5.74, 6) is 0.180. The molecule has 0 bridgehead atoms. The van der Waals surface area contributed by atoms with Gasteiger partial charge in [-0.1, -0.05) is 0 Å². The van der Waals surface area contributed by atoms with E-state index in [0.717, 1.165) is 13.1 Å². The highest BCUT2D eigenvalue weighted by Gasteiger charge is 2.33. The summed E-state index contributed by atoms with van der Waals surface area (Å²) in [6, 6.07) is 0. The Morgan fingerprint density at radius 2 is 2.33 bits per heavy atom. The van der Waals surface area contributed by atoms with Crippen molar-refractivity contribution in [3.63, 3.8) is 0 Å². The fourth-order valence-corrected chi connectivity index (χ4v) is 1.07. The highest BCUT2D eigenvalue weighted by molar-refractivity contribution is 5.77. The molecule has 1 heterocycles. The Bertz CT molecular complexity index is 129. The molecule has 0 unspecified atom stereocenters. The zero-order valence-corrected chi connectivity index (χ0v) is 5.61. The zero-order valence-electron chi connectivity index (χ0n) is 5.61. The first-order chi connectivity index (χ1) is 4.12. The van der Waals surface area contributed by atoms with Crippen molar-refractivity contribution in [1.29, 1.82) is 0 Å². The molecule has 0 aromatic heterocycles. The van der Waals surface area contributed by atoms with Crippen LogP contribution in [0.15, 0.2) is 0 Å². The molecular formula is C6H12N2O.